The van der Waals surface area contributed by atoms with Crippen LogP contribution in [0.4, 0.5) is 5.69 Å². The van der Waals surface area contributed by atoms with Gasteiger partial charge in [-0.3, -0.25) is 0 Å². The smallest absolute Gasteiger partial charge is 0.178 e. The minimum absolute atomic E-state index is 0.588. The number of hydrogen-bond acceptors (Lipinski definition) is 3. The van der Waals surface area contributed by atoms with E-state index in [1.165, 1.54) is 0 Å². The highest BCUT2D eigenvalue weighted by atomic mass is 35.5. The van der Waals surface area contributed by atoms with Crippen molar-refractivity contribution in [1.29, 1.82) is 0 Å². The first-order valence-electron chi connectivity index (χ1n) is 5.09. The number of nitrogens with zero attached hydrogens (tertiary/aromatic N) is 2. The molecular formula is C12H9ClN4. The SMILES string of the molecule is Nc1ccc(-c2nc3ncc(Cl)cc3[nH]2)cc1. The van der Waals surface area contributed by atoms with Crippen molar-refractivity contribution >= 4 is 28.5 Å². The average Bonchev–Trinajstić information content (AvgIpc) is 2.72. The molecule has 3 N–H and O–H groups in total. The molecule has 2 aromatic heterocycles. The Morgan fingerprint density at radius 1 is 1.18 bits per heavy atom. The van der Waals surface area contributed by atoms with Gasteiger partial charge in [0.1, 0.15) is 5.82 Å². The van der Waals surface area contributed by atoms with Crippen LogP contribution in [0.2, 0.25) is 5.02 Å². The topological polar surface area (TPSA) is 67.6 Å². The molecule has 0 aliphatic heterocycles. The Labute approximate surface area is 102 Å². The normalized spacial score (nSPS) is 10.9. The van der Waals surface area contributed by atoms with Crippen LogP contribution in [-0.4, -0.2) is 15.0 Å². The molecule has 0 spiro atoms. The second-order valence-electron chi connectivity index (χ2n) is 3.73. The number of rotatable bonds is 1. The molecule has 3 rings (SSSR count). The molecule has 2 heterocycles. The van der Waals surface area contributed by atoms with Gasteiger partial charge in [-0.25, -0.2) is 9.97 Å². The summed E-state index contributed by atoms with van der Waals surface area (Å²) in [6, 6.07) is 9.30. The Morgan fingerprint density at radius 2 is 1.94 bits per heavy atom. The summed E-state index contributed by atoms with van der Waals surface area (Å²) < 4.78 is 0. The molecule has 5 heteroatoms. The summed E-state index contributed by atoms with van der Waals surface area (Å²) in [5, 5.41) is 0.588. The molecule has 0 radical (unpaired) electrons. The van der Waals surface area contributed by atoms with E-state index in [4.69, 9.17) is 17.3 Å². The molecule has 1 aromatic carbocycles. The Kier molecular flexibility index (Phi) is 2.23. The van der Waals surface area contributed by atoms with Crippen LogP contribution in [-0.2, 0) is 0 Å². The second kappa shape index (κ2) is 3.75. The zero-order valence-electron chi connectivity index (χ0n) is 8.81. The lowest BCUT2D eigenvalue weighted by atomic mass is 10.2. The summed E-state index contributed by atoms with van der Waals surface area (Å²) in [5.74, 6) is 0.759. The van der Waals surface area contributed by atoms with Crippen molar-refractivity contribution in [2.24, 2.45) is 0 Å². The van der Waals surface area contributed by atoms with Crippen LogP contribution >= 0.6 is 11.6 Å². The van der Waals surface area contributed by atoms with Gasteiger partial charge < -0.3 is 10.7 Å². The van der Waals surface area contributed by atoms with E-state index in [9.17, 15) is 0 Å². The number of H-pyrrole nitrogens is 1. The number of aromatic nitrogens is 3. The van der Waals surface area contributed by atoms with Gasteiger partial charge >= 0.3 is 0 Å². The van der Waals surface area contributed by atoms with E-state index in [0.717, 1.165) is 22.6 Å². The predicted molar refractivity (Wildman–Crippen MR) is 68.7 cm³/mol. The van der Waals surface area contributed by atoms with Crippen LogP contribution in [0.5, 0.6) is 0 Å². The quantitative estimate of drug-likeness (QED) is 0.647. The van der Waals surface area contributed by atoms with Crippen LogP contribution in [0.15, 0.2) is 36.5 Å². The molecule has 0 aliphatic rings. The largest absolute Gasteiger partial charge is 0.399 e. The maximum atomic E-state index is 5.87. The molecule has 0 atom stereocenters. The van der Waals surface area contributed by atoms with Crippen LogP contribution in [0.25, 0.3) is 22.6 Å². The number of nitrogen functional groups attached to an aromatic ring is 1. The number of benzene rings is 1. The molecule has 0 fully saturated rings. The molecule has 0 amide bonds. The predicted octanol–water partition coefficient (Wildman–Crippen LogP) is 2.86. The van der Waals surface area contributed by atoms with Crippen LogP contribution < -0.4 is 5.73 Å². The van der Waals surface area contributed by atoms with E-state index in [-0.39, 0.29) is 0 Å². The van der Waals surface area contributed by atoms with Gasteiger partial charge in [0.05, 0.1) is 10.5 Å². The fourth-order valence-electron chi connectivity index (χ4n) is 1.65. The van der Waals surface area contributed by atoms with E-state index >= 15 is 0 Å². The van der Waals surface area contributed by atoms with E-state index in [2.05, 4.69) is 15.0 Å². The van der Waals surface area contributed by atoms with Crippen molar-refractivity contribution in [1.82, 2.24) is 15.0 Å². The van der Waals surface area contributed by atoms with Gasteiger partial charge in [0.25, 0.3) is 0 Å². The van der Waals surface area contributed by atoms with Gasteiger partial charge in [-0.15, -0.1) is 0 Å². The highest BCUT2D eigenvalue weighted by molar-refractivity contribution is 6.31. The van der Waals surface area contributed by atoms with Crippen molar-refractivity contribution in [3.05, 3.63) is 41.6 Å². The van der Waals surface area contributed by atoms with Gasteiger partial charge in [-0.1, -0.05) is 11.6 Å². The zero-order valence-corrected chi connectivity index (χ0v) is 9.57. The summed E-state index contributed by atoms with van der Waals surface area (Å²) in [6.07, 6.45) is 1.58. The maximum Gasteiger partial charge on any atom is 0.178 e. The summed E-state index contributed by atoms with van der Waals surface area (Å²) in [5.41, 5.74) is 8.81. The molecule has 0 saturated heterocycles. The highest BCUT2D eigenvalue weighted by Crippen LogP contribution is 2.21. The molecule has 3 aromatic rings. The number of anilines is 1. The Morgan fingerprint density at radius 3 is 2.71 bits per heavy atom. The first-order valence-corrected chi connectivity index (χ1v) is 5.47. The third kappa shape index (κ3) is 1.83. The summed E-state index contributed by atoms with van der Waals surface area (Å²) in [4.78, 5) is 11.7. The van der Waals surface area contributed by atoms with Crippen LogP contribution in [0, 0.1) is 0 Å². The van der Waals surface area contributed by atoms with Crippen molar-refractivity contribution in [3.8, 4) is 11.4 Å². The molecule has 0 bridgehead atoms. The standard InChI is InChI=1S/C12H9ClN4/c13-8-5-10-12(15-6-8)17-11(16-10)7-1-3-9(14)4-2-7/h1-6H,14H2,(H,15,16,17). The number of fused-ring (bicyclic) bond motifs is 1. The molecule has 0 saturated carbocycles. The van der Waals surface area contributed by atoms with Gasteiger partial charge in [0, 0.05) is 17.4 Å². The number of nitrogens with two attached hydrogens (primary N) is 1. The third-order valence-corrected chi connectivity index (χ3v) is 2.69. The number of hydrogen-bond donors (Lipinski definition) is 2. The summed E-state index contributed by atoms with van der Waals surface area (Å²) in [6.45, 7) is 0. The minimum Gasteiger partial charge on any atom is -0.399 e. The Bertz CT molecular complexity index is 673. The summed E-state index contributed by atoms with van der Waals surface area (Å²) in [7, 11) is 0. The minimum atomic E-state index is 0.588. The maximum absolute atomic E-state index is 5.87. The van der Waals surface area contributed by atoms with Gasteiger partial charge in [0.2, 0.25) is 0 Å². The molecule has 84 valence electrons. The van der Waals surface area contributed by atoms with Crippen molar-refractivity contribution < 1.29 is 0 Å². The molecule has 0 aliphatic carbocycles. The summed E-state index contributed by atoms with van der Waals surface area (Å²) >= 11 is 5.87. The number of pyridine rings is 1. The number of halogens is 1. The lowest BCUT2D eigenvalue weighted by molar-refractivity contribution is 1.30. The number of aromatic amines is 1. The lowest BCUT2D eigenvalue weighted by Gasteiger charge is -1.96. The van der Waals surface area contributed by atoms with Gasteiger partial charge in [0.15, 0.2) is 5.65 Å². The van der Waals surface area contributed by atoms with Gasteiger partial charge in [-0.2, -0.15) is 0 Å². The zero-order chi connectivity index (χ0) is 11.8. The fourth-order valence-corrected chi connectivity index (χ4v) is 1.81. The van der Waals surface area contributed by atoms with Crippen LogP contribution in [0.3, 0.4) is 0 Å². The van der Waals surface area contributed by atoms with Crippen molar-refractivity contribution in [2.45, 2.75) is 0 Å². The van der Waals surface area contributed by atoms with E-state index < -0.39 is 0 Å². The van der Waals surface area contributed by atoms with Crippen molar-refractivity contribution in [2.75, 3.05) is 5.73 Å². The van der Waals surface area contributed by atoms with E-state index in [0.29, 0.717) is 10.7 Å². The molecule has 17 heavy (non-hydrogen) atoms. The number of nitrogens with one attached hydrogen (secondary N) is 1. The highest BCUT2D eigenvalue weighted by Gasteiger charge is 2.06. The molecule has 0 unspecified atom stereocenters. The monoisotopic (exact) mass is 244 g/mol. The molecular weight excluding hydrogens is 236 g/mol. The first kappa shape index (κ1) is 10.1. The fraction of sp³-hybridized carbons (Fsp3) is 0. The number of imidazole rings is 1. The van der Waals surface area contributed by atoms with Crippen LogP contribution in [0.1, 0.15) is 0 Å². The second-order valence-corrected chi connectivity index (χ2v) is 4.17. The van der Waals surface area contributed by atoms with Crippen molar-refractivity contribution in [3.63, 3.8) is 0 Å². The molecule has 4 nitrogen and oxygen atoms in total. The average molecular weight is 245 g/mol. The van der Waals surface area contributed by atoms with Gasteiger partial charge in [-0.05, 0) is 30.3 Å². The first-order chi connectivity index (χ1) is 8.22. The Hall–Kier alpha value is -2.07. The van der Waals surface area contributed by atoms with E-state index in [1.807, 2.05) is 24.3 Å². The Balaban J connectivity index is 2.14. The third-order valence-electron chi connectivity index (χ3n) is 2.49. The lowest BCUT2D eigenvalue weighted by Crippen LogP contribution is -1.84. The van der Waals surface area contributed by atoms with E-state index in [1.54, 1.807) is 12.3 Å².